The van der Waals surface area contributed by atoms with Crippen LogP contribution in [0.3, 0.4) is 0 Å². The van der Waals surface area contributed by atoms with Crippen molar-refractivity contribution in [2.45, 2.75) is 0 Å². The number of hydrogen-bond acceptors (Lipinski definition) is 2. The Kier molecular flexibility index (Phi) is 2.84. The second-order valence-corrected chi connectivity index (χ2v) is 4.03. The van der Waals surface area contributed by atoms with E-state index in [0.717, 1.165) is 23.2 Å². The third kappa shape index (κ3) is 1.81. The number of nitrogens with one attached hydrogen (secondary N) is 1. The highest BCUT2D eigenvalue weighted by molar-refractivity contribution is 9.10. The Labute approximate surface area is 91.2 Å². The van der Waals surface area contributed by atoms with E-state index in [-0.39, 0.29) is 5.91 Å². The normalized spacial score (nSPS) is 17.2. The number of nitrogens with zero attached hydrogens (tertiary/aromatic N) is 1. The predicted octanol–water partition coefficient (Wildman–Crippen LogP) is 1.39. The zero-order chi connectivity index (χ0) is 9.97. The Hall–Kier alpha value is -0.870. The van der Waals surface area contributed by atoms with Crippen LogP contribution in [0.5, 0.6) is 0 Å². The van der Waals surface area contributed by atoms with Crippen molar-refractivity contribution < 1.29 is 4.79 Å². The summed E-state index contributed by atoms with van der Waals surface area (Å²) in [6, 6.07) is 7.79. The van der Waals surface area contributed by atoms with Crippen LogP contribution in [0.1, 0.15) is 0 Å². The lowest BCUT2D eigenvalue weighted by molar-refractivity contribution is -0.118. The van der Waals surface area contributed by atoms with Gasteiger partial charge in [0.15, 0.2) is 0 Å². The van der Waals surface area contributed by atoms with Crippen LogP contribution in [0.4, 0.5) is 5.69 Å². The average molecular weight is 255 g/mol. The van der Waals surface area contributed by atoms with E-state index in [1.54, 1.807) is 4.90 Å². The van der Waals surface area contributed by atoms with E-state index in [4.69, 9.17) is 0 Å². The van der Waals surface area contributed by atoms with Gasteiger partial charge in [-0.1, -0.05) is 12.1 Å². The summed E-state index contributed by atoms with van der Waals surface area (Å²) in [5.41, 5.74) is 0.957. The summed E-state index contributed by atoms with van der Waals surface area (Å²) in [6.45, 7) is 2.02. The molecule has 14 heavy (non-hydrogen) atoms. The van der Waals surface area contributed by atoms with Crippen LogP contribution >= 0.6 is 15.9 Å². The number of halogens is 1. The van der Waals surface area contributed by atoms with Gasteiger partial charge in [-0.05, 0) is 28.1 Å². The number of carbonyl (C=O) groups excluding carboxylic acids is 1. The molecule has 0 bridgehead atoms. The first kappa shape index (κ1) is 9.68. The van der Waals surface area contributed by atoms with Crippen LogP contribution in [0.15, 0.2) is 28.7 Å². The number of piperazine rings is 1. The zero-order valence-electron chi connectivity index (χ0n) is 7.66. The molecule has 0 atom stereocenters. The molecule has 1 saturated heterocycles. The molecule has 0 aromatic heterocycles. The maximum absolute atomic E-state index is 11.6. The molecular formula is C10H11BrN2O. The lowest BCUT2D eigenvalue weighted by Gasteiger charge is -2.28. The summed E-state index contributed by atoms with van der Waals surface area (Å²) in [4.78, 5) is 13.4. The van der Waals surface area contributed by atoms with Gasteiger partial charge in [0.2, 0.25) is 5.91 Å². The van der Waals surface area contributed by atoms with Gasteiger partial charge in [0, 0.05) is 17.6 Å². The molecule has 0 spiro atoms. The molecule has 1 heterocycles. The first-order valence-corrected chi connectivity index (χ1v) is 5.34. The first-order chi connectivity index (χ1) is 6.79. The van der Waals surface area contributed by atoms with Gasteiger partial charge in [-0.15, -0.1) is 0 Å². The molecule has 1 N–H and O–H groups in total. The summed E-state index contributed by atoms with van der Waals surface area (Å²) >= 11 is 3.44. The number of amides is 1. The fourth-order valence-electron chi connectivity index (χ4n) is 1.53. The highest BCUT2D eigenvalue weighted by Gasteiger charge is 2.20. The third-order valence-electron chi connectivity index (χ3n) is 2.23. The van der Waals surface area contributed by atoms with Gasteiger partial charge in [-0.2, -0.15) is 0 Å². The van der Waals surface area contributed by atoms with E-state index >= 15 is 0 Å². The van der Waals surface area contributed by atoms with Crippen LogP contribution < -0.4 is 10.2 Å². The molecule has 1 fully saturated rings. The molecule has 1 aromatic carbocycles. The lowest BCUT2D eigenvalue weighted by atomic mass is 10.2. The van der Waals surface area contributed by atoms with Gasteiger partial charge in [-0.25, -0.2) is 0 Å². The Balaban J connectivity index is 2.29. The second kappa shape index (κ2) is 4.11. The maximum Gasteiger partial charge on any atom is 0.241 e. The van der Waals surface area contributed by atoms with Crippen molar-refractivity contribution in [2.24, 2.45) is 0 Å². The van der Waals surface area contributed by atoms with E-state index in [1.165, 1.54) is 0 Å². The molecular weight excluding hydrogens is 244 g/mol. The van der Waals surface area contributed by atoms with Gasteiger partial charge in [0.1, 0.15) is 0 Å². The summed E-state index contributed by atoms with van der Waals surface area (Å²) in [7, 11) is 0. The van der Waals surface area contributed by atoms with E-state index in [2.05, 4.69) is 21.2 Å². The quantitative estimate of drug-likeness (QED) is 0.822. The molecule has 0 radical (unpaired) electrons. The van der Waals surface area contributed by atoms with Crippen LogP contribution in [-0.2, 0) is 4.79 Å². The van der Waals surface area contributed by atoms with Crippen molar-refractivity contribution in [1.29, 1.82) is 0 Å². The van der Waals surface area contributed by atoms with Crippen molar-refractivity contribution in [3.8, 4) is 0 Å². The zero-order valence-corrected chi connectivity index (χ0v) is 9.25. The average Bonchev–Trinajstić information content (AvgIpc) is 2.20. The second-order valence-electron chi connectivity index (χ2n) is 3.17. The van der Waals surface area contributed by atoms with Crippen molar-refractivity contribution in [3.63, 3.8) is 0 Å². The van der Waals surface area contributed by atoms with Gasteiger partial charge in [0.25, 0.3) is 0 Å². The number of benzene rings is 1. The SMILES string of the molecule is O=C1CNCCN1c1ccccc1Br. The van der Waals surface area contributed by atoms with Gasteiger partial charge in [0.05, 0.1) is 12.2 Å². The van der Waals surface area contributed by atoms with Crippen molar-refractivity contribution in [2.75, 3.05) is 24.5 Å². The Morgan fingerprint density at radius 1 is 1.36 bits per heavy atom. The molecule has 4 heteroatoms. The largest absolute Gasteiger partial charge is 0.309 e. The summed E-state index contributed by atoms with van der Waals surface area (Å²) < 4.78 is 0.968. The number of anilines is 1. The maximum atomic E-state index is 11.6. The predicted molar refractivity (Wildman–Crippen MR) is 59.4 cm³/mol. The van der Waals surface area contributed by atoms with E-state index in [0.29, 0.717) is 6.54 Å². The van der Waals surface area contributed by atoms with Crippen LogP contribution in [0, 0.1) is 0 Å². The molecule has 1 aliphatic heterocycles. The fourth-order valence-corrected chi connectivity index (χ4v) is 2.03. The summed E-state index contributed by atoms with van der Waals surface area (Å²) in [6.07, 6.45) is 0. The first-order valence-electron chi connectivity index (χ1n) is 4.54. The lowest BCUT2D eigenvalue weighted by Crippen LogP contribution is -2.48. The van der Waals surface area contributed by atoms with Crippen molar-refractivity contribution in [1.82, 2.24) is 5.32 Å². The van der Waals surface area contributed by atoms with Crippen LogP contribution in [-0.4, -0.2) is 25.5 Å². The van der Waals surface area contributed by atoms with Crippen LogP contribution in [0.25, 0.3) is 0 Å². The smallest absolute Gasteiger partial charge is 0.241 e. The van der Waals surface area contributed by atoms with Crippen molar-refractivity contribution >= 4 is 27.5 Å². The minimum atomic E-state index is 0.128. The van der Waals surface area contributed by atoms with Crippen LogP contribution in [0.2, 0.25) is 0 Å². The molecule has 1 aromatic rings. The van der Waals surface area contributed by atoms with E-state index in [9.17, 15) is 4.79 Å². The molecule has 0 aliphatic carbocycles. The summed E-state index contributed by atoms with van der Waals surface area (Å²) in [5, 5.41) is 3.05. The minimum Gasteiger partial charge on any atom is -0.309 e. The van der Waals surface area contributed by atoms with Gasteiger partial charge in [-0.3, -0.25) is 4.79 Å². The number of para-hydroxylation sites is 1. The highest BCUT2D eigenvalue weighted by atomic mass is 79.9. The molecule has 1 amide bonds. The Morgan fingerprint density at radius 2 is 2.14 bits per heavy atom. The Bertz CT molecular complexity index is 354. The molecule has 0 saturated carbocycles. The molecule has 1 aliphatic rings. The minimum absolute atomic E-state index is 0.128. The fraction of sp³-hybridized carbons (Fsp3) is 0.300. The highest BCUT2D eigenvalue weighted by Crippen LogP contribution is 2.25. The number of rotatable bonds is 1. The monoisotopic (exact) mass is 254 g/mol. The molecule has 0 unspecified atom stereocenters. The standard InChI is InChI=1S/C10H11BrN2O/c11-8-3-1-2-4-9(8)13-6-5-12-7-10(13)14/h1-4,12H,5-7H2. The topological polar surface area (TPSA) is 32.3 Å². The van der Waals surface area contributed by atoms with E-state index < -0.39 is 0 Å². The molecule has 3 nitrogen and oxygen atoms in total. The summed E-state index contributed by atoms with van der Waals surface area (Å²) in [5.74, 6) is 0.128. The van der Waals surface area contributed by atoms with E-state index in [1.807, 2.05) is 24.3 Å². The Morgan fingerprint density at radius 3 is 2.86 bits per heavy atom. The van der Waals surface area contributed by atoms with Gasteiger partial charge < -0.3 is 10.2 Å². The molecule has 2 rings (SSSR count). The van der Waals surface area contributed by atoms with Gasteiger partial charge >= 0.3 is 0 Å². The molecule has 74 valence electrons. The number of carbonyl (C=O) groups is 1. The third-order valence-corrected chi connectivity index (χ3v) is 2.90. The van der Waals surface area contributed by atoms with Crippen molar-refractivity contribution in [3.05, 3.63) is 28.7 Å². The number of hydrogen-bond donors (Lipinski definition) is 1.